The molecule has 6 heteroatoms. The molecule has 2 heterocycles. The van der Waals surface area contributed by atoms with E-state index in [0.717, 1.165) is 43.0 Å². The van der Waals surface area contributed by atoms with Crippen LogP contribution in [-0.4, -0.2) is 40.4 Å². The maximum Gasteiger partial charge on any atom is 0.253 e. The van der Waals surface area contributed by atoms with Crippen LogP contribution < -0.4 is 5.32 Å². The number of ether oxygens (including phenoxy) is 1. The van der Waals surface area contributed by atoms with Crippen molar-refractivity contribution in [3.05, 3.63) is 35.0 Å². The monoisotopic (exact) mass is 458 g/mol. The summed E-state index contributed by atoms with van der Waals surface area (Å²) < 4.78 is 7.53. The summed E-state index contributed by atoms with van der Waals surface area (Å²) in [5.74, 6) is 1.02. The van der Waals surface area contributed by atoms with Gasteiger partial charge >= 0.3 is 0 Å². The molecule has 1 amide bonds. The summed E-state index contributed by atoms with van der Waals surface area (Å²) in [6, 6.07) is 6.13. The van der Waals surface area contributed by atoms with Gasteiger partial charge < -0.3 is 19.7 Å². The second kappa shape index (κ2) is 8.03. The number of nitrogens with one attached hydrogen (secondary N) is 1. The fraction of sp³-hybridized carbons (Fsp3) is 0.654. The van der Waals surface area contributed by atoms with Gasteiger partial charge in [-0.3, -0.25) is 4.79 Å². The summed E-state index contributed by atoms with van der Waals surface area (Å²) >= 11 is 6.57. The Morgan fingerprint density at radius 2 is 1.97 bits per heavy atom. The van der Waals surface area contributed by atoms with Crippen LogP contribution in [0.5, 0.6) is 0 Å². The minimum absolute atomic E-state index is 0.0508. The van der Waals surface area contributed by atoms with Gasteiger partial charge in [0.1, 0.15) is 0 Å². The van der Waals surface area contributed by atoms with Gasteiger partial charge in [-0.15, -0.1) is 0 Å². The van der Waals surface area contributed by atoms with Crippen LogP contribution in [0.3, 0.4) is 0 Å². The van der Waals surface area contributed by atoms with Crippen molar-refractivity contribution in [1.29, 1.82) is 0 Å². The van der Waals surface area contributed by atoms with Crippen LogP contribution in [0.15, 0.2) is 24.4 Å². The van der Waals surface area contributed by atoms with Crippen LogP contribution in [0.2, 0.25) is 5.02 Å². The second-order valence-electron chi connectivity index (χ2n) is 11.0. The number of fused-ring (bicyclic) bond motifs is 3. The van der Waals surface area contributed by atoms with Crippen LogP contribution >= 0.6 is 11.6 Å². The van der Waals surface area contributed by atoms with E-state index in [1.54, 1.807) is 0 Å². The van der Waals surface area contributed by atoms with Crippen molar-refractivity contribution < 1.29 is 14.6 Å². The molecular weight excluding hydrogens is 424 g/mol. The third-order valence-corrected chi connectivity index (χ3v) is 8.86. The number of hydrogen-bond acceptors (Lipinski definition) is 3. The lowest BCUT2D eigenvalue weighted by molar-refractivity contribution is -0.0756. The Kier molecular flexibility index (Phi) is 5.58. The van der Waals surface area contributed by atoms with Crippen LogP contribution in [0.4, 0.5) is 0 Å². The molecule has 3 fully saturated rings. The number of aliphatic hydroxyl groups is 1. The van der Waals surface area contributed by atoms with E-state index in [9.17, 15) is 9.90 Å². The molecule has 2 N–H and O–H groups in total. The first kappa shape index (κ1) is 22.2. The average Bonchev–Trinajstić information content (AvgIpc) is 3.05. The van der Waals surface area contributed by atoms with Crippen molar-refractivity contribution in [2.75, 3.05) is 13.2 Å². The first-order chi connectivity index (χ1) is 15.2. The fourth-order valence-electron chi connectivity index (χ4n) is 7.01. The smallest absolute Gasteiger partial charge is 0.253 e. The molecular formula is C26H35ClN2O3. The van der Waals surface area contributed by atoms with Gasteiger partial charge in [-0.25, -0.2) is 0 Å². The lowest BCUT2D eigenvalue weighted by atomic mass is 9.55. The van der Waals surface area contributed by atoms with E-state index >= 15 is 0 Å². The van der Waals surface area contributed by atoms with Crippen molar-refractivity contribution in [2.45, 2.75) is 77.0 Å². The maximum absolute atomic E-state index is 13.6. The zero-order valence-corrected chi connectivity index (χ0v) is 20.1. The highest BCUT2D eigenvalue weighted by atomic mass is 35.5. The molecule has 5 nitrogen and oxygen atoms in total. The number of aromatic nitrogens is 1. The predicted molar refractivity (Wildman–Crippen MR) is 127 cm³/mol. The number of rotatable bonds is 5. The topological polar surface area (TPSA) is 63.5 Å². The molecule has 2 aliphatic carbocycles. The fourth-order valence-corrected chi connectivity index (χ4v) is 7.28. The van der Waals surface area contributed by atoms with Crippen molar-refractivity contribution in [3.8, 4) is 0 Å². The summed E-state index contributed by atoms with van der Waals surface area (Å²) in [6.07, 6.45) is 8.09. The van der Waals surface area contributed by atoms with Crippen molar-refractivity contribution in [2.24, 2.45) is 17.3 Å². The first-order valence-corrected chi connectivity index (χ1v) is 12.5. The van der Waals surface area contributed by atoms with Gasteiger partial charge in [0.15, 0.2) is 0 Å². The van der Waals surface area contributed by atoms with Gasteiger partial charge in [0, 0.05) is 17.6 Å². The Labute approximate surface area is 195 Å². The molecule has 2 saturated carbocycles. The molecule has 0 spiro atoms. The molecule has 5 atom stereocenters. The highest BCUT2D eigenvalue weighted by molar-refractivity contribution is 6.36. The number of hydrogen-bond donors (Lipinski definition) is 2. The second-order valence-corrected chi connectivity index (χ2v) is 11.4. The van der Waals surface area contributed by atoms with E-state index in [-0.39, 0.29) is 23.4 Å². The van der Waals surface area contributed by atoms with E-state index in [1.807, 2.05) is 31.3 Å². The van der Waals surface area contributed by atoms with Gasteiger partial charge in [-0.2, -0.15) is 0 Å². The van der Waals surface area contributed by atoms with Gasteiger partial charge in [-0.1, -0.05) is 24.6 Å². The largest absolute Gasteiger partial charge is 0.390 e. The van der Waals surface area contributed by atoms with Gasteiger partial charge in [-0.05, 0) is 81.8 Å². The van der Waals surface area contributed by atoms with Crippen molar-refractivity contribution in [3.63, 3.8) is 0 Å². The van der Waals surface area contributed by atoms with E-state index in [1.165, 1.54) is 6.42 Å². The van der Waals surface area contributed by atoms with Crippen LogP contribution in [0.1, 0.15) is 75.7 Å². The molecule has 1 aromatic heterocycles. The molecule has 5 rings (SSSR count). The third-order valence-electron chi connectivity index (χ3n) is 8.55. The molecule has 32 heavy (non-hydrogen) atoms. The van der Waals surface area contributed by atoms with Crippen molar-refractivity contribution >= 4 is 28.4 Å². The molecule has 1 saturated heterocycles. The van der Waals surface area contributed by atoms with Gasteiger partial charge in [0.05, 0.1) is 41.0 Å². The molecule has 0 radical (unpaired) electrons. The number of carbonyl (C=O) groups excluding carboxylic acids is 1. The number of halogens is 1. The van der Waals surface area contributed by atoms with E-state index in [4.69, 9.17) is 16.3 Å². The summed E-state index contributed by atoms with van der Waals surface area (Å²) in [6.45, 7) is 7.74. The third kappa shape index (κ3) is 3.76. The minimum Gasteiger partial charge on any atom is -0.390 e. The van der Waals surface area contributed by atoms with Crippen LogP contribution in [-0.2, 0) is 4.74 Å². The molecule has 2 bridgehead atoms. The Bertz CT molecular complexity index is 1010. The SMILES string of the molecule is CC[C@@]1([C@@H](C)NC(=O)c2cn(C3COC3)c3cccc(Cl)c23)C[C@@H]2C[C@@H](C[C@@](C)(O)C2)C1. The summed E-state index contributed by atoms with van der Waals surface area (Å²) in [5, 5.41) is 15.5. The Morgan fingerprint density at radius 1 is 1.28 bits per heavy atom. The molecule has 174 valence electrons. The minimum atomic E-state index is -0.538. The molecule has 0 unspecified atom stereocenters. The summed E-state index contributed by atoms with van der Waals surface area (Å²) in [4.78, 5) is 13.6. The van der Waals surface area contributed by atoms with Crippen LogP contribution in [0.25, 0.3) is 10.9 Å². The zero-order valence-electron chi connectivity index (χ0n) is 19.4. The standard InChI is InChI=1S/C26H35ClN2O3/c1-4-26(11-17-8-18(12-26)10-25(3,31)9-17)16(2)28-24(30)20-13-29(19-14-32-15-19)22-7-5-6-21(27)23(20)22/h5-7,13,16-19,31H,4,8-12,14-15H2,1-3H3,(H,28,30)/t16-,17-,18+,25+,26-/m1/s1. The van der Waals surface area contributed by atoms with Crippen molar-refractivity contribution in [1.82, 2.24) is 9.88 Å². The molecule has 1 aromatic carbocycles. The lowest BCUT2D eigenvalue weighted by Gasteiger charge is -2.53. The van der Waals surface area contributed by atoms with Gasteiger partial charge in [0.25, 0.3) is 5.91 Å². The quantitative estimate of drug-likeness (QED) is 0.635. The normalized spacial score (nSPS) is 33.7. The van der Waals surface area contributed by atoms with Gasteiger partial charge in [0.2, 0.25) is 0 Å². The molecule has 2 aromatic rings. The maximum atomic E-state index is 13.6. The first-order valence-electron chi connectivity index (χ1n) is 12.1. The van der Waals surface area contributed by atoms with E-state index < -0.39 is 5.60 Å². The molecule has 3 aliphatic rings. The number of amides is 1. The predicted octanol–water partition coefficient (Wildman–Crippen LogP) is 5.34. The average molecular weight is 459 g/mol. The van der Waals surface area contributed by atoms with E-state index in [0.29, 0.717) is 35.6 Å². The Balaban J connectivity index is 1.41. The van der Waals surface area contributed by atoms with E-state index in [2.05, 4.69) is 23.7 Å². The number of nitrogens with zero attached hydrogens (tertiary/aromatic N) is 1. The zero-order chi connectivity index (χ0) is 22.7. The summed E-state index contributed by atoms with van der Waals surface area (Å²) in [7, 11) is 0. The lowest BCUT2D eigenvalue weighted by Crippen LogP contribution is -2.52. The Morgan fingerprint density at radius 3 is 2.56 bits per heavy atom. The Hall–Kier alpha value is -1.56. The van der Waals surface area contributed by atoms with Crippen LogP contribution in [0, 0.1) is 17.3 Å². The molecule has 1 aliphatic heterocycles. The number of carbonyl (C=O) groups is 1. The highest BCUT2D eigenvalue weighted by Crippen LogP contribution is 2.54. The number of benzene rings is 1. The summed E-state index contributed by atoms with van der Waals surface area (Å²) in [5.41, 5.74) is 1.17. The highest BCUT2D eigenvalue weighted by Gasteiger charge is 2.49.